The lowest BCUT2D eigenvalue weighted by atomic mass is 9.73. The molecule has 0 amide bonds. The Kier molecular flexibility index (Phi) is 4.27. The molecule has 2 unspecified atom stereocenters. The number of carboxylic acid groups (broad SMARTS) is 2. The first-order valence-corrected chi connectivity index (χ1v) is 4.38. The van der Waals surface area contributed by atoms with Crippen molar-refractivity contribution in [3.63, 3.8) is 0 Å². The third-order valence-electron chi connectivity index (χ3n) is 2.52. The maximum Gasteiger partial charge on any atom is 0.317 e. The monoisotopic (exact) mass is 202 g/mol. The zero-order valence-corrected chi connectivity index (χ0v) is 8.19. The fraction of sp³-hybridized carbons (Fsp3) is 0.667. The van der Waals surface area contributed by atoms with Crippen molar-refractivity contribution in [3.05, 3.63) is 0 Å². The van der Waals surface area contributed by atoms with Crippen molar-refractivity contribution >= 4 is 18.2 Å². The zero-order chi connectivity index (χ0) is 11.4. The van der Waals surface area contributed by atoms with Crippen LogP contribution in [0.1, 0.15) is 26.7 Å². The lowest BCUT2D eigenvalue weighted by Crippen LogP contribution is -2.43. The quantitative estimate of drug-likeness (QED) is 0.490. The summed E-state index contributed by atoms with van der Waals surface area (Å²) in [6.07, 6.45) is 0.336. The van der Waals surface area contributed by atoms with Crippen LogP contribution in [0.4, 0.5) is 0 Å². The van der Waals surface area contributed by atoms with Gasteiger partial charge in [-0.25, -0.2) is 0 Å². The van der Waals surface area contributed by atoms with Gasteiger partial charge in [-0.2, -0.15) is 0 Å². The van der Waals surface area contributed by atoms with E-state index in [0.717, 1.165) is 0 Å². The van der Waals surface area contributed by atoms with Crippen molar-refractivity contribution in [2.45, 2.75) is 26.7 Å². The molecule has 0 heterocycles. The molecule has 0 saturated heterocycles. The second kappa shape index (κ2) is 4.74. The standard InChI is InChI=1S/C9H14O5/c1-3-6(7(11)12)9(4-2,5-10)8(13)14/h5-6H,3-4H2,1-2H3,(H,11,12)(H,13,14). The van der Waals surface area contributed by atoms with Crippen LogP contribution in [0.15, 0.2) is 0 Å². The van der Waals surface area contributed by atoms with Crippen LogP contribution in [0.5, 0.6) is 0 Å². The first kappa shape index (κ1) is 12.6. The summed E-state index contributed by atoms with van der Waals surface area (Å²) in [5, 5.41) is 17.7. The van der Waals surface area contributed by atoms with E-state index in [9.17, 15) is 14.4 Å². The lowest BCUT2D eigenvalue weighted by molar-refractivity contribution is -0.164. The van der Waals surface area contributed by atoms with Gasteiger partial charge in [0.25, 0.3) is 0 Å². The molecular formula is C9H14O5. The van der Waals surface area contributed by atoms with Gasteiger partial charge in [-0.15, -0.1) is 0 Å². The van der Waals surface area contributed by atoms with E-state index in [1.807, 2.05) is 0 Å². The molecule has 5 heteroatoms. The Hall–Kier alpha value is -1.39. The van der Waals surface area contributed by atoms with Gasteiger partial charge in [0.15, 0.2) is 0 Å². The second-order valence-electron chi connectivity index (χ2n) is 3.12. The molecular weight excluding hydrogens is 188 g/mol. The maximum atomic E-state index is 10.9. The van der Waals surface area contributed by atoms with E-state index in [1.54, 1.807) is 6.92 Å². The minimum atomic E-state index is -1.79. The summed E-state index contributed by atoms with van der Waals surface area (Å²) < 4.78 is 0. The van der Waals surface area contributed by atoms with Gasteiger partial charge in [0, 0.05) is 0 Å². The first-order valence-electron chi connectivity index (χ1n) is 4.38. The van der Waals surface area contributed by atoms with Crippen molar-refractivity contribution in [3.8, 4) is 0 Å². The van der Waals surface area contributed by atoms with E-state index in [0.29, 0.717) is 0 Å². The highest BCUT2D eigenvalue weighted by atomic mass is 16.4. The van der Waals surface area contributed by atoms with E-state index in [1.165, 1.54) is 6.92 Å². The molecule has 0 aliphatic heterocycles. The van der Waals surface area contributed by atoms with Crippen LogP contribution in [-0.4, -0.2) is 28.4 Å². The van der Waals surface area contributed by atoms with Crippen LogP contribution in [0.25, 0.3) is 0 Å². The molecule has 2 atom stereocenters. The highest BCUT2D eigenvalue weighted by Gasteiger charge is 2.47. The number of carbonyl (C=O) groups excluding carboxylic acids is 1. The number of hydrogen-bond donors (Lipinski definition) is 2. The molecule has 0 rings (SSSR count). The van der Waals surface area contributed by atoms with Crippen LogP contribution in [0.2, 0.25) is 0 Å². The van der Waals surface area contributed by atoms with Crippen molar-refractivity contribution < 1.29 is 24.6 Å². The number of rotatable bonds is 6. The average molecular weight is 202 g/mol. The molecule has 0 aromatic carbocycles. The molecule has 0 fully saturated rings. The second-order valence-corrected chi connectivity index (χ2v) is 3.12. The first-order chi connectivity index (χ1) is 6.46. The lowest BCUT2D eigenvalue weighted by Gasteiger charge is -2.27. The molecule has 0 aliphatic carbocycles. The number of carbonyl (C=O) groups is 3. The van der Waals surface area contributed by atoms with Crippen molar-refractivity contribution in [1.82, 2.24) is 0 Å². The van der Waals surface area contributed by atoms with Crippen molar-refractivity contribution in [2.24, 2.45) is 11.3 Å². The van der Waals surface area contributed by atoms with E-state index >= 15 is 0 Å². The topological polar surface area (TPSA) is 91.7 Å². The Bertz CT molecular complexity index is 248. The molecule has 0 aromatic heterocycles. The van der Waals surface area contributed by atoms with Crippen LogP contribution >= 0.6 is 0 Å². The minimum absolute atomic E-state index is 0.0172. The van der Waals surface area contributed by atoms with E-state index in [2.05, 4.69) is 0 Å². The number of aliphatic carboxylic acids is 2. The van der Waals surface area contributed by atoms with Gasteiger partial charge < -0.3 is 15.0 Å². The summed E-state index contributed by atoms with van der Waals surface area (Å²) in [5.74, 6) is -3.78. The third kappa shape index (κ3) is 1.92. The Morgan fingerprint density at radius 1 is 1.36 bits per heavy atom. The molecule has 5 nitrogen and oxygen atoms in total. The van der Waals surface area contributed by atoms with Crippen molar-refractivity contribution in [2.75, 3.05) is 0 Å². The fourth-order valence-corrected chi connectivity index (χ4v) is 1.52. The van der Waals surface area contributed by atoms with Gasteiger partial charge in [0.1, 0.15) is 11.7 Å². The fourth-order valence-electron chi connectivity index (χ4n) is 1.52. The molecule has 2 N–H and O–H groups in total. The zero-order valence-electron chi connectivity index (χ0n) is 8.19. The summed E-state index contributed by atoms with van der Waals surface area (Å²) in [5.41, 5.74) is -1.79. The van der Waals surface area contributed by atoms with Crippen LogP contribution in [0, 0.1) is 11.3 Å². The van der Waals surface area contributed by atoms with Crippen LogP contribution in [0.3, 0.4) is 0 Å². The molecule has 0 spiro atoms. The summed E-state index contributed by atoms with van der Waals surface area (Å²) >= 11 is 0. The Morgan fingerprint density at radius 2 is 1.86 bits per heavy atom. The number of aldehydes is 1. The minimum Gasteiger partial charge on any atom is -0.481 e. The van der Waals surface area contributed by atoms with Gasteiger partial charge in [0.2, 0.25) is 0 Å². The predicted molar refractivity (Wildman–Crippen MR) is 47.8 cm³/mol. The molecule has 14 heavy (non-hydrogen) atoms. The number of carboxylic acids is 2. The third-order valence-corrected chi connectivity index (χ3v) is 2.52. The van der Waals surface area contributed by atoms with Gasteiger partial charge >= 0.3 is 11.9 Å². The van der Waals surface area contributed by atoms with Crippen LogP contribution < -0.4 is 0 Å². The summed E-state index contributed by atoms with van der Waals surface area (Å²) in [4.78, 5) is 32.4. The molecule has 0 bridgehead atoms. The van der Waals surface area contributed by atoms with E-state index in [4.69, 9.17) is 10.2 Å². The Balaban J connectivity index is 5.24. The summed E-state index contributed by atoms with van der Waals surface area (Å²) in [7, 11) is 0. The van der Waals surface area contributed by atoms with Gasteiger partial charge in [-0.1, -0.05) is 13.8 Å². The maximum absolute atomic E-state index is 10.9. The predicted octanol–water partition coefficient (Wildman–Crippen LogP) is 0.777. The smallest absolute Gasteiger partial charge is 0.317 e. The molecule has 0 saturated carbocycles. The highest BCUT2D eigenvalue weighted by molar-refractivity contribution is 5.96. The largest absolute Gasteiger partial charge is 0.481 e. The summed E-state index contributed by atoms with van der Waals surface area (Å²) in [6, 6.07) is 0. The molecule has 0 aromatic rings. The van der Waals surface area contributed by atoms with Crippen molar-refractivity contribution in [1.29, 1.82) is 0 Å². The van der Waals surface area contributed by atoms with Gasteiger partial charge in [-0.05, 0) is 12.8 Å². The van der Waals surface area contributed by atoms with Gasteiger partial charge in [-0.3, -0.25) is 9.59 Å². The summed E-state index contributed by atoms with van der Waals surface area (Å²) in [6.45, 7) is 3.05. The van der Waals surface area contributed by atoms with E-state index in [-0.39, 0.29) is 19.1 Å². The SMILES string of the molecule is CCC(C(=O)O)C(C=O)(CC)C(=O)O. The average Bonchev–Trinajstić information content (AvgIpc) is 2.12. The van der Waals surface area contributed by atoms with Crippen LogP contribution in [-0.2, 0) is 14.4 Å². The molecule has 80 valence electrons. The normalized spacial score (nSPS) is 16.7. The Morgan fingerprint density at radius 3 is 1.93 bits per heavy atom. The van der Waals surface area contributed by atoms with E-state index < -0.39 is 23.3 Å². The molecule has 0 radical (unpaired) electrons. The Labute approximate surface area is 81.7 Å². The highest BCUT2D eigenvalue weighted by Crippen LogP contribution is 2.32. The number of hydrogen-bond acceptors (Lipinski definition) is 3. The molecule has 0 aliphatic rings. The van der Waals surface area contributed by atoms with Gasteiger partial charge in [0.05, 0.1) is 5.92 Å².